The Hall–Kier alpha value is -2.14. The van der Waals surface area contributed by atoms with Crippen LogP contribution < -0.4 is 5.32 Å². The van der Waals surface area contributed by atoms with Gasteiger partial charge < -0.3 is 9.88 Å². The second kappa shape index (κ2) is 9.99. The maximum Gasteiger partial charge on any atom is 0.251 e. The number of aryl methyl sites for hydroxylation is 1. The zero-order valence-corrected chi connectivity index (χ0v) is 15.7. The van der Waals surface area contributed by atoms with E-state index in [1.54, 1.807) is 6.20 Å². The Morgan fingerprint density at radius 2 is 1.80 bits per heavy atom. The normalized spacial score (nSPS) is 11.0. The first-order valence-corrected chi connectivity index (χ1v) is 9.27. The minimum Gasteiger partial charge on any atom is -0.345 e. The summed E-state index contributed by atoms with van der Waals surface area (Å²) >= 11 is 0. The van der Waals surface area contributed by atoms with Crippen molar-refractivity contribution in [1.82, 2.24) is 19.8 Å². The van der Waals surface area contributed by atoms with Crippen LogP contribution in [0.25, 0.3) is 0 Å². The highest BCUT2D eigenvalue weighted by Gasteiger charge is 2.09. The molecule has 136 valence electrons. The van der Waals surface area contributed by atoms with E-state index in [1.165, 1.54) is 5.56 Å². The molecule has 0 fully saturated rings. The van der Waals surface area contributed by atoms with Gasteiger partial charge in [0.15, 0.2) is 0 Å². The molecule has 2 aromatic rings. The lowest BCUT2D eigenvalue weighted by atomic mass is 10.1. The number of carbonyl (C=O) groups excluding carboxylic acids is 1. The Balaban J connectivity index is 1.91. The summed E-state index contributed by atoms with van der Waals surface area (Å²) in [6.45, 7) is 10.9. The molecule has 1 aromatic carbocycles. The summed E-state index contributed by atoms with van der Waals surface area (Å²) in [5.41, 5.74) is 1.94. The Morgan fingerprint density at radius 1 is 1.12 bits per heavy atom. The Labute approximate surface area is 151 Å². The lowest BCUT2D eigenvalue weighted by Gasteiger charge is -2.21. The third kappa shape index (κ3) is 5.71. The topological polar surface area (TPSA) is 50.2 Å². The predicted molar refractivity (Wildman–Crippen MR) is 101 cm³/mol. The molecule has 0 spiro atoms. The maximum atomic E-state index is 12.3. The smallest absolute Gasteiger partial charge is 0.251 e. The van der Waals surface area contributed by atoms with E-state index in [0.717, 1.165) is 44.8 Å². The number of hydrogen-bond acceptors (Lipinski definition) is 3. The molecule has 2 rings (SSSR count). The van der Waals surface area contributed by atoms with Crippen LogP contribution >= 0.6 is 0 Å². The van der Waals surface area contributed by atoms with Gasteiger partial charge in [-0.1, -0.05) is 26.0 Å². The number of rotatable bonds is 10. The fourth-order valence-corrected chi connectivity index (χ4v) is 2.98. The molecule has 0 bridgehead atoms. The van der Waals surface area contributed by atoms with Crippen molar-refractivity contribution >= 4 is 5.91 Å². The van der Waals surface area contributed by atoms with Crippen LogP contribution in [-0.4, -0.2) is 33.4 Å². The van der Waals surface area contributed by atoms with Gasteiger partial charge in [0.05, 0.1) is 6.54 Å². The molecule has 0 saturated heterocycles. The minimum atomic E-state index is -0.0591. The number of carbonyl (C=O) groups is 1. The first kappa shape index (κ1) is 19.2. The molecule has 0 radical (unpaired) electrons. The van der Waals surface area contributed by atoms with Crippen molar-refractivity contribution in [3.8, 4) is 0 Å². The summed E-state index contributed by atoms with van der Waals surface area (Å²) in [5, 5.41) is 2.94. The molecule has 1 N–H and O–H groups in total. The van der Waals surface area contributed by atoms with E-state index in [-0.39, 0.29) is 5.91 Å². The van der Waals surface area contributed by atoms with Crippen LogP contribution in [0.15, 0.2) is 36.7 Å². The fourth-order valence-electron chi connectivity index (χ4n) is 2.98. The molecule has 25 heavy (non-hydrogen) atoms. The average molecular weight is 342 g/mol. The number of hydrogen-bond donors (Lipinski definition) is 1. The molecule has 0 unspecified atom stereocenters. The zero-order valence-electron chi connectivity index (χ0n) is 15.7. The van der Waals surface area contributed by atoms with Crippen molar-refractivity contribution in [3.05, 3.63) is 53.6 Å². The number of amides is 1. The van der Waals surface area contributed by atoms with E-state index in [1.807, 2.05) is 22.9 Å². The van der Waals surface area contributed by atoms with Gasteiger partial charge in [-0.25, -0.2) is 4.98 Å². The number of imidazole rings is 1. The van der Waals surface area contributed by atoms with Crippen LogP contribution in [0.2, 0.25) is 0 Å². The second-order valence-electron chi connectivity index (χ2n) is 6.29. The Bertz CT molecular complexity index is 642. The monoisotopic (exact) mass is 342 g/mol. The third-order valence-corrected chi connectivity index (χ3v) is 4.25. The van der Waals surface area contributed by atoms with E-state index < -0.39 is 0 Å². The van der Waals surface area contributed by atoms with E-state index in [0.29, 0.717) is 12.1 Å². The molecule has 5 nitrogen and oxygen atoms in total. The molecule has 1 aromatic heterocycles. The van der Waals surface area contributed by atoms with E-state index in [4.69, 9.17) is 0 Å². The molecule has 0 atom stereocenters. The van der Waals surface area contributed by atoms with Gasteiger partial charge in [-0.05, 0) is 50.6 Å². The van der Waals surface area contributed by atoms with Gasteiger partial charge in [-0.3, -0.25) is 9.69 Å². The van der Waals surface area contributed by atoms with Crippen molar-refractivity contribution < 1.29 is 4.79 Å². The molecule has 5 heteroatoms. The number of nitrogens with one attached hydrogen (secondary N) is 1. The molecule has 0 aliphatic heterocycles. The van der Waals surface area contributed by atoms with Crippen LogP contribution in [0.3, 0.4) is 0 Å². The fraction of sp³-hybridized carbons (Fsp3) is 0.500. The standard InChI is InChI=1S/C20H30N4O/c1-4-12-23(13-5-2)16-17-7-9-18(10-8-17)20(25)22-15-19-21-11-14-24(19)6-3/h7-11,14H,4-6,12-13,15-16H2,1-3H3,(H,22,25). The summed E-state index contributed by atoms with van der Waals surface area (Å²) < 4.78 is 2.03. The second-order valence-corrected chi connectivity index (χ2v) is 6.29. The lowest BCUT2D eigenvalue weighted by Crippen LogP contribution is -2.25. The van der Waals surface area contributed by atoms with Crippen LogP contribution in [0.5, 0.6) is 0 Å². The molecular weight excluding hydrogens is 312 g/mol. The molecule has 1 amide bonds. The van der Waals surface area contributed by atoms with Crippen molar-refractivity contribution in [2.24, 2.45) is 0 Å². The quantitative estimate of drug-likeness (QED) is 0.719. The highest BCUT2D eigenvalue weighted by Crippen LogP contribution is 2.09. The summed E-state index contributed by atoms with van der Waals surface area (Å²) in [6, 6.07) is 7.93. The zero-order chi connectivity index (χ0) is 18.1. The number of aromatic nitrogens is 2. The van der Waals surface area contributed by atoms with Crippen molar-refractivity contribution in [1.29, 1.82) is 0 Å². The van der Waals surface area contributed by atoms with E-state index in [2.05, 4.69) is 48.1 Å². The summed E-state index contributed by atoms with van der Waals surface area (Å²) in [7, 11) is 0. The molecule has 0 aliphatic rings. The highest BCUT2D eigenvalue weighted by molar-refractivity contribution is 5.94. The van der Waals surface area contributed by atoms with E-state index in [9.17, 15) is 4.79 Å². The number of benzene rings is 1. The summed E-state index contributed by atoms with van der Waals surface area (Å²) in [5.74, 6) is 0.818. The first-order chi connectivity index (χ1) is 12.2. The number of nitrogens with zero attached hydrogens (tertiary/aromatic N) is 3. The molecular formula is C20H30N4O. The largest absolute Gasteiger partial charge is 0.345 e. The predicted octanol–water partition coefficient (Wildman–Crippen LogP) is 3.46. The molecule has 0 aliphatic carbocycles. The van der Waals surface area contributed by atoms with Crippen LogP contribution in [-0.2, 0) is 19.6 Å². The first-order valence-electron chi connectivity index (χ1n) is 9.27. The van der Waals surface area contributed by atoms with Gasteiger partial charge in [-0.15, -0.1) is 0 Å². The average Bonchev–Trinajstić information content (AvgIpc) is 3.08. The maximum absolute atomic E-state index is 12.3. The summed E-state index contributed by atoms with van der Waals surface area (Å²) in [4.78, 5) is 19.1. The van der Waals surface area contributed by atoms with Gasteiger partial charge in [0.1, 0.15) is 5.82 Å². The van der Waals surface area contributed by atoms with Crippen molar-refractivity contribution in [2.45, 2.75) is 53.2 Å². The van der Waals surface area contributed by atoms with Crippen LogP contribution in [0.4, 0.5) is 0 Å². The third-order valence-electron chi connectivity index (χ3n) is 4.25. The van der Waals surface area contributed by atoms with Crippen molar-refractivity contribution in [2.75, 3.05) is 13.1 Å². The van der Waals surface area contributed by atoms with Crippen LogP contribution in [0, 0.1) is 0 Å². The van der Waals surface area contributed by atoms with E-state index >= 15 is 0 Å². The minimum absolute atomic E-state index is 0.0591. The highest BCUT2D eigenvalue weighted by atomic mass is 16.1. The van der Waals surface area contributed by atoms with Gasteiger partial charge in [0.25, 0.3) is 5.91 Å². The summed E-state index contributed by atoms with van der Waals surface area (Å²) in [6.07, 6.45) is 6.01. The van der Waals surface area contributed by atoms with Gasteiger partial charge in [-0.2, -0.15) is 0 Å². The van der Waals surface area contributed by atoms with Crippen molar-refractivity contribution in [3.63, 3.8) is 0 Å². The SMILES string of the molecule is CCCN(CCC)Cc1ccc(C(=O)NCc2nccn2CC)cc1. The molecule has 1 heterocycles. The Kier molecular flexibility index (Phi) is 7.67. The van der Waals surface area contributed by atoms with Gasteiger partial charge in [0, 0.05) is 31.0 Å². The molecule has 0 saturated carbocycles. The van der Waals surface area contributed by atoms with Gasteiger partial charge in [0.2, 0.25) is 0 Å². The van der Waals surface area contributed by atoms with Gasteiger partial charge >= 0.3 is 0 Å². The van der Waals surface area contributed by atoms with Crippen LogP contribution in [0.1, 0.15) is 55.4 Å². The Morgan fingerprint density at radius 3 is 2.40 bits per heavy atom. The lowest BCUT2D eigenvalue weighted by molar-refractivity contribution is 0.0949.